The highest BCUT2D eigenvalue weighted by Crippen LogP contribution is 2.36. The van der Waals surface area contributed by atoms with Crippen molar-refractivity contribution in [3.05, 3.63) is 32.8 Å². The molecule has 0 radical (unpaired) electrons. The Balaban J connectivity index is 3.11. The molecule has 5 heteroatoms. The van der Waals surface area contributed by atoms with Gasteiger partial charge in [-0.25, -0.2) is 0 Å². The fraction of sp³-hybridized carbons (Fsp3) is 0.333. The highest BCUT2D eigenvalue weighted by Gasteiger charge is 2.17. The summed E-state index contributed by atoms with van der Waals surface area (Å²) in [4.78, 5) is 0. The summed E-state index contributed by atoms with van der Waals surface area (Å²) in [5.41, 5.74) is 0.509. The van der Waals surface area contributed by atoms with Crippen molar-refractivity contribution in [3.63, 3.8) is 0 Å². The van der Waals surface area contributed by atoms with Crippen molar-refractivity contribution < 1.29 is 5.11 Å². The SMILES string of the molecule is CSCC(O)c1c(Cl)ccc(Cl)c1Cl. The average Bonchev–Trinajstić information content (AvgIpc) is 2.13. The molecule has 0 spiro atoms. The van der Waals surface area contributed by atoms with Crippen LogP contribution in [0, 0.1) is 0 Å². The molecular formula is C9H9Cl3OS. The molecule has 0 saturated carbocycles. The van der Waals surface area contributed by atoms with Gasteiger partial charge in [-0.2, -0.15) is 11.8 Å². The zero-order valence-electron chi connectivity index (χ0n) is 7.43. The number of rotatable bonds is 3. The van der Waals surface area contributed by atoms with Crippen LogP contribution in [0.5, 0.6) is 0 Å². The normalized spacial score (nSPS) is 12.9. The van der Waals surface area contributed by atoms with E-state index in [0.29, 0.717) is 26.4 Å². The minimum atomic E-state index is -0.677. The number of thioether (sulfide) groups is 1. The maximum Gasteiger partial charge on any atom is 0.0909 e. The first-order chi connectivity index (χ1) is 6.57. The first-order valence-electron chi connectivity index (χ1n) is 3.88. The molecular weight excluding hydrogens is 263 g/mol. The Kier molecular flexibility index (Phi) is 4.88. The standard InChI is InChI=1S/C9H9Cl3OS/c1-14-4-7(13)8-5(10)2-3-6(11)9(8)12/h2-3,7,13H,4H2,1H3. The van der Waals surface area contributed by atoms with E-state index in [9.17, 15) is 5.11 Å². The van der Waals surface area contributed by atoms with E-state index in [1.165, 1.54) is 11.8 Å². The Labute approximate surface area is 102 Å². The molecule has 78 valence electrons. The predicted octanol–water partition coefficient (Wildman–Crippen LogP) is 4.04. The monoisotopic (exact) mass is 270 g/mol. The lowest BCUT2D eigenvalue weighted by Gasteiger charge is -2.13. The van der Waals surface area contributed by atoms with E-state index in [1.54, 1.807) is 12.1 Å². The van der Waals surface area contributed by atoms with Crippen molar-refractivity contribution in [3.8, 4) is 0 Å². The van der Waals surface area contributed by atoms with Crippen LogP contribution in [0.3, 0.4) is 0 Å². The lowest BCUT2D eigenvalue weighted by molar-refractivity contribution is 0.204. The molecule has 14 heavy (non-hydrogen) atoms. The number of halogens is 3. The van der Waals surface area contributed by atoms with Crippen LogP contribution >= 0.6 is 46.6 Å². The van der Waals surface area contributed by atoms with Gasteiger partial charge in [-0.05, 0) is 18.4 Å². The fourth-order valence-electron chi connectivity index (χ4n) is 1.09. The lowest BCUT2D eigenvalue weighted by Crippen LogP contribution is -2.02. The Bertz CT molecular complexity index is 330. The summed E-state index contributed by atoms with van der Waals surface area (Å²) in [6.07, 6.45) is 1.22. The molecule has 0 aliphatic rings. The van der Waals surface area contributed by atoms with E-state index in [4.69, 9.17) is 34.8 Å². The molecule has 1 aromatic rings. The van der Waals surface area contributed by atoms with Gasteiger partial charge in [0.15, 0.2) is 0 Å². The van der Waals surface area contributed by atoms with Crippen molar-refractivity contribution in [2.24, 2.45) is 0 Å². The molecule has 0 saturated heterocycles. The smallest absolute Gasteiger partial charge is 0.0909 e. The highest BCUT2D eigenvalue weighted by molar-refractivity contribution is 7.98. The minimum Gasteiger partial charge on any atom is -0.387 e. The Morgan fingerprint density at radius 2 is 1.86 bits per heavy atom. The largest absolute Gasteiger partial charge is 0.387 e. The van der Waals surface area contributed by atoms with Crippen molar-refractivity contribution in [2.75, 3.05) is 12.0 Å². The van der Waals surface area contributed by atoms with Crippen molar-refractivity contribution in [1.82, 2.24) is 0 Å². The fourth-order valence-corrected chi connectivity index (χ4v) is 2.36. The van der Waals surface area contributed by atoms with Crippen LogP contribution in [0.1, 0.15) is 11.7 Å². The second-order valence-corrected chi connectivity index (χ2v) is 4.83. The van der Waals surface area contributed by atoms with E-state index < -0.39 is 6.10 Å². The summed E-state index contributed by atoms with van der Waals surface area (Å²) < 4.78 is 0. The van der Waals surface area contributed by atoms with E-state index in [0.717, 1.165) is 0 Å². The van der Waals surface area contributed by atoms with Crippen LogP contribution in [0.4, 0.5) is 0 Å². The molecule has 0 heterocycles. The van der Waals surface area contributed by atoms with Crippen LogP contribution in [0.25, 0.3) is 0 Å². The number of hydrogen-bond donors (Lipinski definition) is 1. The first-order valence-corrected chi connectivity index (χ1v) is 6.41. The van der Waals surface area contributed by atoms with E-state index in [2.05, 4.69) is 0 Å². The second-order valence-electron chi connectivity index (χ2n) is 2.73. The molecule has 0 aliphatic carbocycles. The summed E-state index contributed by atoms with van der Waals surface area (Å²) in [5, 5.41) is 10.9. The summed E-state index contributed by atoms with van der Waals surface area (Å²) in [6, 6.07) is 3.25. The molecule has 1 unspecified atom stereocenters. The van der Waals surface area contributed by atoms with Gasteiger partial charge in [0.05, 0.1) is 16.1 Å². The first kappa shape index (κ1) is 12.5. The van der Waals surface area contributed by atoms with E-state index in [1.807, 2.05) is 6.26 Å². The Hall–Kier alpha value is 0.400. The molecule has 0 fully saturated rings. The van der Waals surface area contributed by atoms with Gasteiger partial charge in [-0.3, -0.25) is 0 Å². The molecule has 0 aliphatic heterocycles. The lowest BCUT2D eigenvalue weighted by atomic mass is 10.1. The van der Waals surface area contributed by atoms with Gasteiger partial charge in [-0.1, -0.05) is 34.8 Å². The van der Waals surface area contributed by atoms with Crippen LogP contribution in [-0.4, -0.2) is 17.1 Å². The van der Waals surface area contributed by atoms with Gasteiger partial charge < -0.3 is 5.11 Å². The van der Waals surface area contributed by atoms with E-state index in [-0.39, 0.29) is 0 Å². The van der Waals surface area contributed by atoms with Crippen LogP contribution < -0.4 is 0 Å². The summed E-state index contributed by atoms with van der Waals surface area (Å²) in [6.45, 7) is 0. The number of benzene rings is 1. The third-order valence-corrected chi connectivity index (χ3v) is 3.53. The maximum atomic E-state index is 9.76. The van der Waals surface area contributed by atoms with Gasteiger partial charge >= 0.3 is 0 Å². The maximum absolute atomic E-state index is 9.76. The third kappa shape index (κ3) is 2.71. The van der Waals surface area contributed by atoms with Gasteiger partial charge in [0.1, 0.15) is 0 Å². The van der Waals surface area contributed by atoms with E-state index >= 15 is 0 Å². The minimum absolute atomic E-state index is 0.334. The van der Waals surface area contributed by atoms with Crippen molar-refractivity contribution in [2.45, 2.75) is 6.10 Å². The topological polar surface area (TPSA) is 20.2 Å². The Morgan fingerprint density at radius 3 is 2.43 bits per heavy atom. The number of aliphatic hydroxyl groups is 1. The average molecular weight is 272 g/mol. The highest BCUT2D eigenvalue weighted by atomic mass is 35.5. The Morgan fingerprint density at radius 1 is 1.29 bits per heavy atom. The van der Waals surface area contributed by atoms with Crippen LogP contribution in [0.2, 0.25) is 15.1 Å². The molecule has 0 aromatic heterocycles. The quantitative estimate of drug-likeness (QED) is 0.837. The molecule has 1 atom stereocenters. The molecule has 1 nitrogen and oxygen atoms in total. The van der Waals surface area contributed by atoms with Crippen LogP contribution in [-0.2, 0) is 0 Å². The summed E-state index contributed by atoms with van der Waals surface area (Å²) in [5.74, 6) is 0.541. The van der Waals surface area contributed by atoms with Gasteiger partial charge in [0, 0.05) is 16.3 Å². The van der Waals surface area contributed by atoms with Crippen molar-refractivity contribution >= 4 is 46.6 Å². The summed E-state index contributed by atoms with van der Waals surface area (Å²) in [7, 11) is 0. The van der Waals surface area contributed by atoms with Gasteiger partial charge in [0.25, 0.3) is 0 Å². The zero-order chi connectivity index (χ0) is 10.7. The molecule has 1 rings (SSSR count). The molecule has 1 aromatic carbocycles. The van der Waals surface area contributed by atoms with Crippen molar-refractivity contribution in [1.29, 1.82) is 0 Å². The molecule has 1 N–H and O–H groups in total. The summed E-state index contributed by atoms with van der Waals surface area (Å²) >= 11 is 19.2. The number of aliphatic hydroxyl groups excluding tert-OH is 1. The van der Waals surface area contributed by atoms with Gasteiger partial charge in [0.2, 0.25) is 0 Å². The second kappa shape index (κ2) is 5.47. The predicted molar refractivity (Wildman–Crippen MR) is 64.8 cm³/mol. The zero-order valence-corrected chi connectivity index (χ0v) is 10.5. The molecule has 0 amide bonds. The number of hydrogen-bond acceptors (Lipinski definition) is 2. The molecule has 0 bridgehead atoms. The third-order valence-electron chi connectivity index (χ3n) is 1.74. The van der Waals surface area contributed by atoms with Gasteiger partial charge in [-0.15, -0.1) is 0 Å². The van der Waals surface area contributed by atoms with Crippen LogP contribution in [0.15, 0.2) is 12.1 Å².